The standard InChI is InChI=1S/C34H66/c1-3-5-7-9-11-13-15-17-19-21-23-25-27-29-31-33-34-32-30-28-26-24-22-20-18-16-14-12-10-8-6-4-2/h29,31,33-34H,3-28,30,32H2,1-2H3. The molecule has 0 N–H and O–H groups in total. The molecule has 0 heterocycles. The molecule has 0 amide bonds. The summed E-state index contributed by atoms with van der Waals surface area (Å²) in [5, 5.41) is 0. The maximum absolute atomic E-state index is 2.37. The molecule has 0 fully saturated rings. The second-order valence-electron chi connectivity index (χ2n) is 10.9. The van der Waals surface area contributed by atoms with Gasteiger partial charge in [0, 0.05) is 0 Å². The van der Waals surface area contributed by atoms with E-state index in [1.54, 1.807) is 0 Å². The Morgan fingerprint density at radius 2 is 0.471 bits per heavy atom. The largest absolute Gasteiger partial charge is 0.0845 e. The van der Waals surface area contributed by atoms with E-state index in [4.69, 9.17) is 0 Å². The minimum atomic E-state index is 1.26. The molecule has 0 aromatic heterocycles. The van der Waals surface area contributed by atoms with Crippen molar-refractivity contribution in [1.29, 1.82) is 0 Å². The molecule has 202 valence electrons. The molecule has 0 heteroatoms. The Morgan fingerprint density at radius 3 is 0.706 bits per heavy atom. The van der Waals surface area contributed by atoms with Gasteiger partial charge in [-0.25, -0.2) is 0 Å². The Morgan fingerprint density at radius 1 is 0.265 bits per heavy atom. The maximum Gasteiger partial charge on any atom is -0.0348 e. The number of rotatable bonds is 29. The highest BCUT2D eigenvalue weighted by Gasteiger charge is 1.94. The summed E-state index contributed by atoms with van der Waals surface area (Å²) in [6.07, 6.45) is 49.4. The Labute approximate surface area is 217 Å². The Bertz CT molecular complexity index is 391. The highest BCUT2D eigenvalue weighted by molar-refractivity contribution is 5.02. The summed E-state index contributed by atoms with van der Waals surface area (Å²) in [5.74, 6) is 0. The van der Waals surface area contributed by atoms with Gasteiger partial charge in [0.1, 0.15) is 0 Å². The van der Waals surface area contributed by atoms with E-state index >= 15 is 0 Å². The van der Waals surface area contributed by atoms with Crippen LogP contribution >= 0.6 is 0 Å². The van der Waals surface area contributed by atoms with Gasteiger partial charge in [0.05, 0.1) is 0 Å². The fraction of sp³-hybridized carbons (Fsp3) is 0.882. The maximum atomic E-state index is 2.37. The first-order valence-corrected chi connectivity index (χ1v) is 16.2. The minimum Gasteiger partial charge on any atom is -0.0845 e. The van der Waals surface area contributed by atoms with Crippen LogP contribution in [0.2, 0.25) is 0 Å². The molecule has 0 aromatic carbocycles. The van der Waals surface area contributed by atoms with Crippen LogP contribution in [0.1, 0.15) is 194 Å². The van der Waals surface area contributed by atoms with Crippen molar-refractivity contribution in [2.24, 2.45) is 0 Å². The van der Waals surface area contributed by atoms with E-state index in [0.717, 1.165) is 0 Å². The van der Waals surface area contributed by atoms with Gasteiger partial charge < -0.3 is 0 Å². The number of unbranched alkanes of at least 4 members (excludes halogenated alkanes) is 26. The van der Waals surface area contributed by atoms with E-state index in [-0.39, 0.29) is 0 Å². The number of hydrogen-bond donors (Lipinski definition) is 0. The van der Waals surface area contributed by atoms with Crippen molar-refractivity contribution in [3.05, 3.63) is 24.3 Å². The third-order valence-electron chi connectivity index (χ3n) is 7.33. The first-order chi connectivity index (χ1) is 16.9. The molecule has 0 saturated heterocycles. The van der Waals surface area contributed by atoms with Gasteiger partial charge in [-0.2, -0.15) is 0 Å². The number of allylic oxidation sites excluding steroid dienone is 4. The normalized spacial score (nSPS) is 11.9. The van der Waals surface area contributed by atoms with Crippen LogP contribution in [-0.2, 0) is 0 Å². The lowest BCUT2D eigenvalue weighted by Crippen LogP contribution is -1.83. The van der Waals surface area contributed by atoms with Crippen LogP contribution in [0.5, 0.6) is 0 Å². The van der Waals surface area contributed by atoms with E-state index < -0.39 is 0 Å². The average Bonchev–Trinajstić information content (AvgIpc) is 2.85. The second kappa shape index (κ2) is 32.5. The molecule has 0 bridgehead atoms. The fourth-order valence-electron chi connectivity index (χ4n) is 4.91. The molecule has 0 saturated carbocycles. The Hall–Kier alpha value is -0.520. The lowest BCUT2D eigenvalue weighted by Gasteiger charge is -2.02. The summed E-state index contributed by atoms with van der Waals surface area (Å²) in [5.41, 5.74) is 0. The zero-order valence-electron chi connectivity index (χ0n) is 24.1. The molecule has 0 aliphatic carbocycles. The molecule has 0 aromatic rings. The molecule has 0 unspecified atom stereocenters. The van der Waals surface area contributed by atoms with Crippen molar-refractivity contribution in [2.75, 3.05) is 0 Å². The van der Waals surface area contributed by atoms with Crippen LogP contribution in [0.3, 0.4) is 0 Å². The minimum absolute atomic E-state index is 1.26. The molecular formula is C34H66. The summed E-state index contributed by atoms with van der Waals surface area (Å²) in [6.45, 7) is 4.60. The van der Waals surface area contributed by atoms with Crippen molar-refractivity contribution >= 4 is 0 Å². The van der Waals surface area contributed by atoms with Crippen LogP contribution < -0.4 is 0 Å². The topological polar surface area (TPSA) is 0 Å². The van der Waals surface area contributed by atoms with Crippen molar-refractivity contribution in [3.8, 4) is 0 Å². The van der Waals surface area contributed by atoms with Gasteiger partial charge in [0.2, 0.25) is 0 Å². The Balaban J connectivity index is 3.14. The Kier molecular flexibility index (Phi) is 32.0. The molecule has 0 aliphatic rings. The van der Waals surface area contributed by atoms with Gasteiger partial charge in [0.15, 0.2) is 0 Å². The molecular weight excluding hydrogens is 408 g/mol. The van der Waals surface area contributed by atoms with Gasteiger partial charge >= 0.3 is 0 Å². The van der Waals surface area contributed by atoms with Crippen molar-refractivity contribution in [1.82, 2.24) is 0 Å². The summed E-state index contributed by atoms with van der Waals surface area (Å²) < 4.78 is 0. The van der Waals surface area contributed by atoms with Crippen LogP contribution in [0.25, 0.3) is 0 Å². The smallest absolute Gasteiger partial charge is 0.0348 e. The van der Waals surface area contributed by atoms with Gasteiger partial charge in [-0.05, 0) is 25.7 Å². The second-order valence-corrected chi connectivity index (χ2v) is 10.9. The highest BCUT2D eigenvalue weighted by Crippen LogP contribution is 2.14. The third-order valence-corrected chi connectivity index (χ3v) is 7.33. The average molecular weight is 475 g/mol. The first kappa shape index (κ1) is 33.5. The quantitative estimate of drug-likeness (QED) is 0.0746. The first-order valence-electron chi connectivity index (χ1n) is 16.2. The van der Waals surface area contributed by atoms with E-state index in [2.05, 4.69) is 38.2 Å². The summed E-state index contributed by atoms with van der Waals surface area (Å²) >= 11 is 0. The zero-order valence-corrected chi connectivity index (χ0v) is 24.1. The molecule has 0 aliphatic heterocycles. The van der Waals surface area contributed by atoms with Crippen molar-refractivity contribution in [3.63, 3.8) is 0 Å². The molecule has 0 spiro atoms. The molecule has 0 radical (unpaired) electrons. The summed E-state index contributed by atoms with van der Waals surface area (Å²) in [6, 6.07) is 0. The van der Waals surface area contributed by atoms with Crippen LogP contribution in [0, 0.1) is 0 Å². The van der Waals surface area contributed by atoms with Crippen molar-refractivity contribution in [2.45, 2.75) is 194 Å². The predicted molar refractivity (Wildman–Crippen MR) is 159 cm³/mol. The van der Waals surface area contributed by atoms with Crippen LogP contribution in [-0.4, -0.2) is 0 Å². The lowest BCUT2D eigenvalue weighted by molar-refractivity contribution is 0.536. The van der Waals surface area contributed by atoms with Gasteiger partial charge in [0.25, 0.3) is 0 Å². The van der Waals surface area contributed by atoms with Crippen LogP contribution in [0.4, 0.5) is 0 Å². The van der Waals surface area contributed by atoms with Crippen molar-refractivity contribution < 1.29 is 0 Å². The monoisotopic (exact) mass is 475 g/mol. The van der Waals surface area contributed by atoms with Gasteiger partial charge in [-0.15, -0.1) is 0 Å². The highest BCUT2D eigenvalue weighted by atomic mass is 14.0. The molecule has 0 atom stereocenters. The van der Waals surface area contributed by atoms with Gasteiger partial charge in [-0.1, -0.05) is 192 Å². The predicted octanol–water partition coefficient (Wildman–Crippen LogP) is 13.1. The fourth-order valence-corrected chi connectivity index (χ4v) is 4.91. The third kappa shape index (κ3) is 31.5. The van der Waals surface area contributed by atoms with Crippen LogP contribution in [0.15, 0.2) is 24.3 Å². The molecule has 34 heavy (non-hydrogen) atoms. The summed E-state index contributed by atoms with van der Waals surface area (Å²) in [7, 11) is 0. The van der Waals surface area contributed by atoms with E-state index in [1.165, 1.54) is 180 Å². The summed E-state index contributed by atoms with van der Waals surface area (Å²) in [4.78, 5) is 0. The van der Waals surface area contributed by atoms with E-state index in [9.17, 15) is 0 Å². The van der Waals surface area contributed by atoms with E-state index in [1.807, 2.05) is 0 Å². The lowest BCUT2D eigenvalue weighted by atomic mass is 10.0. The zero-order chi connectivity index (χ0) is 24.6. The van der Waals surface area contributed by atoms with Gasteiger partial charge in [-0.3, -0.25) is 0 Å². The molecule has 0 rings (SSSR count). The molecule has 0 nitrogen and oxygen atoms in total. The number of hydrogen-bond acceptors (Lipinski definition) is 0. The van der Waals surface area contributed by atoms with E-state index in [0.29, 0.717) is 0 Å². The SMILES string of the molecule is CCCCCCCCCCCCCCC=CC=CCCCCCCCCCCCCCCCC.